The van der Waals surface area contributed by atoms with Gasteiger partial charge in [-0.05, 0) is 67.6 Å². The molecule has 6 rings (SSSR count). The molecule has 10 heteroatoms. The molecule has 9 nitrogen and oxygen atoms in total. The molecule has 0 radical (unpaired) electrons. The van der Waals surface area contributed by atoms with Crippen molar-refractivity contribution in [3.63, 3.8) is 0 Å². The molecule has 220 valence electrons. The van der Waals surface area contributed by atoms with Crippen LogP contribution in [-0.2, 0) is 6.54 Å². The van der Waals surface area contributed by atoms with Gasteiger partial charge in [-0.25, -0.2) is 19.6 Å². The average molecular weight is 590 g/mol. The lowest BCUT2D eigenvalue weighted by Gasteiger charge is -2.39. The van der Waals surface area contributed by atoms with Crippen molar-refractivity contribution in [3.8, 4) is 11.8 Å². The van der Waals surface area contributed by atoms with Crippen molar-refractivity contribution in [2.45, 2.75) is 69.6 Å². The summed E-state index contributed by atoms with van der Waals surface area (Å²) >= 11 is 6.38. The average Bonchev–Trinajstić information content (AvgIpc) is 3.36. The van der Waals surface area contributed by atoms with E-state index in [0.717, 1.165) is 63.0 Å². The van der Waals surface area contributed by atoms with E-state index in [2.05, 4.69) is 30.7 Å². The second-order valence-electron chi connectivity index (χ2n) is 11.5. The SMILES string of the molecule is O=C(O)c1ccc(Oc2ncc(CN3CCC(N4C(=O)N(C5CCCCC5)C[C@H]4c4cccc(Cl)c4)CC3)cn2)cc1. The van der Waals surface area contributed by atoms with Gasteiger partial charge in [-0.3, -0.25) is 4.90 Å². The van der Waals surface area contributed by atoms with E-state index in [1.807, 2.05) is 18.2 Å². The molecule has 3 fully saturated rings. The first-order chi connectivity index (χ1) is 20.4. The van der Waals surface area contributed by atoms with Gasteiger partial charge in [0.05, 0.1) is 11.6 Å². The molecule has 0 bridgehead atoms. The number of aromatic carboxylic acids is 1. The van der Waals surface area contributed by atoms with Crippen LogP contribution >= 0.6 is 11.6 Å². The Morgan fingerprint density at radius 1 is 0.952 bits per heavy atom. The molecule has 1 saturated carbocycles. The number of aromatic nitrogens is 2. The van der Waals surface area contributed by atoms with Crippen molar-refractivity contribution in [1.82, 2.24) is 24.7 Å². The fourth-order valence-electron chi connectivity index (χ4n) is 6.58. The number of rotatable bonds is 8. The van der Waals surface area contributed by atoms with Crippen LogP contribution in [0.4, 0.5) is 4.79 Å². The Kier molecular flexibility index (Phi) is 8.58. The minimum Gasteiger partial charge on any atom is -0.478 e. The Morgan fingerprint density at radius 2 is 1.67 bits per heavy atom. The van der Waals surface area contributed by atoms with Crippen molar-refractivity contribution in [1.29, 1.82) is 0 Å². The number of ether oxygens (including phenoxy) is 1. The summed E-state index contributed by atoms with van der Waals surface area (Å²) in [7, 11) is 0. The van der Waals surface area contributed by atoms with E-state index in [1.54, 1.807) is 24.5 Å². The van der Waals surface area contributed by atoms with Gasteiger partial charge in [0.25, 0.3) is 0 Å². The molecular weight excluding hydrogens is 554 g/mol. The number of likely N-dealkylation sites (tertiary alicyclic amines) is 1. The Bertz CT molecular complexity index is 1390. The zero-order valence-electron chi connectivity index (χ0n) is 23.6. The normalized spacial score (nSPS) is 20.7. The minimum atomic E-state index is -0.986. The fourth-order valence-corrected chi connectivity index (χ4v) is 6.78. The number of carboxylic acids is 1. The third kappa shape index (κ3) is 6.37. The van der Waals surface area contributed by atoms with Gasteiger partial charge in [-0.15, -0.1) is 0 Å². The number of amides is 2. The highest BCUT2D eigenvalue weighted by Gasteiger charge is 2.45. The van der Waals surface area contributed by atoms with Gasteiger partial charge in [0.2, 0.25) is 0 Å². The highest BCUT2D eigenvalue weighted by Crippen LogP contribution is 2.38. The van der Waals surface area contributed by atoms with E-state index in [1.165, 1.54) is 31.4 Å². The predicted octanol–water partition coefficient (Wildman–Crippen LogP) is 6.40. The lowest BCUT2D eigenvalue weighted by Crippen LogP contribution is -2.48. The van der Waals surface area contributed by atoms with E-state index in [0.29, 0.717) is 16.8 Å². The number of hydrogen-bond donors (Lipinski definition) is 1. The van der Waals surface area contributed by atoms with Crippen molar-refractivity contribution in [3.05, 3.63) is 82.6 Å². The van der Waals surface area contributed by atoms with Crippen molar-refractivity contribution < 1.29 is 19.4 Å². The number of halogens is 1. The van der Waals surface area contributed by atoms with E-state index >= 15 is 0 Å². The van der Waals surface area contributed by atoms with Crippen LogP contribution < -0.4 is 4.74 Å². The van der Waals surface area contributed by atoms with Crippen LogP contribution in [0.5, 0.6) is 11.8 Å². The van der Waals surface area contributed by atoms with Gasteiger partial charge in [-0.1, -0.05) is 43.0 Å². The quantitative estimate of drug-likeness (QED) is 0.325. The van der Waals surface area contributed by atoms with E-state index in [4.69, 9.17) is 21.4 Å². The molecule has 2 amide bonds. The lowest BCUT2D eigenvalue weighted by atomic mass is 9.94. The first-order valence-corrected chi connectivity index (χ1v) is 15.2. The highest BCUT2D eigenvalue weighted by atomic mass is 35.5. The number of urea groups is 1. The summed E-state index contributed by atoms with van der Waals surface area (Å²) in [5.74, 6) is -0.509. The van der Waals surface area contributed by atoms with Crippen LogP contribution in [0.25, 0.3) is 0 Å². The zero-order chi connectivity index (χ0) is 29.1. The molecule has 2 aromatic carbocycles. The molecule has 1 aliphatic carbocycles. The number of piperidine rings is 1. The Morgan fingerprint density at radius 3 is 2.33 bits per heavy atom. The summed E-state index contributed by atoms with van der Waals surface area (Å²) in [5.41, 5.74) is 2.30. The summed E-state index contributed by atoms with van der Waals surface area (Å²) in [4.78, 5) is 40.3. The van der Waals surface area contributed by atoms with Crippen molar-refractivity contribution >= 4 is 23.6 Å². The Balaban J connectivity index is 1.07. The Hall–Kier alpha value is -3.69. The van der Waals surface area contributed by atoms with E-state index in [9.17, 15) is 9.59 Å². The van der Waals surface area contributed by atoms with Gasteiger partial charge in [0.1, 0.15) is 5.75 Å². The molecule has 0 spiro atoms. The molecule has 2 aliphatic heterocycles. The molecule has 2 saturated heterocycles. The topological polar surface area (TPSA) is 99.1 Å². The van der Waals surface area contributed by atoms with E-state index < -0.39 is 5.97 Å². The van der Waals surface area contributed by atoms with Crippen LogP contribution in [0.2, 0.25) is 5.02 Å². The van der Waals surface area contributed by atoms with Crippen LogP contribution in [0, 0.1) is 0 Å². The smallest absolute Gasteiger partial charge is 0.335 e. The number of nitrogens with zero attached hydrogens (tertiary/aromatic N) is 5. The fraction of sp³-hybridized carbons (Fsp3) is 0.438. The molecular formula is C32H36ClN5O4. The third-order valence-corrected chi connectivity index (χ3v) is 9.00. The van der Waals surface area contributed by atoms with Crippen LogP contribution in [-0.4, -0.2) is 73.5 Å². The summed E-state index contributed by atoms with van der Waals surface area (Å²) in [6.45, 7) is 3.22. The van der Waals surface area contributed by atoms with E-state index in [-0.39, 0.29) is 29.7 Å². The summed E-state index contributed by atoms with van der Waals surface area (Å²) < 4.78 is 5.67. The molecule has 1 atom stereocenters. The standard InChI is InChI=1S/C32H36ClN5O4/c33-25-6-4-5-24(17-25)29-21-37(26-7-2-1-3-8-26)32(41)38(29)27-13-15-36(16-14-27)20-22-18-34-31(35-19-22)42-28-11-9-23(10-12-28)30(39)40/h4-6,9-12,17-19,26-27,29H,1-3,7-8,13-16,20-21H2,(H,39,40)/t29-/m0/s1. The Labute approximate surface area is 251 Å². The van der Waals surface area contributed by atoms with Crippen molar-refractivity contribution in [2.75, 3.05) is 19.6 Å². The van der Waals surface area contributed by atoms with Gasteiger partial charge < -0.3 is 19.6 Å². The lowest BCUT2D eigenvalue weighted by molar-refractivity contribution is 0.0696. The summed E-state index contributed by atoms with van der Waals surface area (Å²) in [5, 5.41) is 9.76. The predicted molar refractivity (Wildman–Crippen MR) is 159 cm³/mol. The number of carbonyl (C=O) groups is 2. The first-order valence-electron chi connectivity index (χ1n) is 14.8. The largest absolute Gasteiger partial charge is 0.478 e. The molecule has 3 aromatic rings. The molecule has 1 aromatic heterocycles. The summed E-state index contributed by atoms with van der Waals surface area (Å²) in [6.07, 6.45) is 11.2. The number of hydrogen-bond acceptors (Lipinski definition) is 6. The highest BCUT2D eigenvalue weighted by molar-refractivity contribution is 6.30. The third-order valence-electron chi connectivity index (χ3n) is 8.77. The molecule has 1 N–H and O–H groups in total. The first kappa shape index (κ1) is 28.4. The zero-order valence-corrected chi connectivity index (χ0v) is 24.3. The maximum atomic E-state index is 13.9. The summed E-state index contributed by atoms with van der Waals surface area (Å²) in [6, 6.07) is 15.1. The monoisotopic (exact) mass is 589 g/mol. The number of carbonyl (C=O) groups excluding carboxylic acids is 1. The maximum absolute atomic E-state index is 13.9. The number of carboxylic acid groups (broad SMARTS) is 1. The molecule has 0 unspecified atom stereocenters. The second-order valence-corrected chi connectivity index (χ2v) is 12.0. The van der Waals surface area contributed by atoms with Gasteiger partial charge in [-0.2, -0.15) is 0 Å². The van der Waals surface area contributed by atoms with Crippen LogP contribution in [0.3, 0.4) is 0 Å². The van der Waals surface area contributed by atoms with Gasteiger partial charge in [0.15, 0.2) is 0 Å². The molecule has 3 aliphatic rings. The second kappa shape index (κ2) is 12.7. The molecule has 3 heterocycles. The number of benzene rings is 2. The minimum absolute atomic E-state index is 0.0240. The van der Waals surface area contributed by atoms with Gasteiger partial charge >= 0.3 is 18.0 Å². The van der Waals surface area contributed by atoms with Gasteiger partial charge in [0, 0.05) is 61.2 Å². The van der Waals surface area contributed by atoms with Crippen LogP contribution in [0.15, 0.2) is 60.9 Å². The van der Waals surface area contributed by atoms with Crippen LogP contribution in [0.1, 0.15) is 72.5 Å². The molecule has 42 heavy (non-hydrogen) atoms. The van der Waals surface area contributed by atoms with Crippen molar-refractivity contribution in [2.24, 2.45) is 0 Å². The maximum Gasteiger partial charge on any atom is 0.335 e.